The molecule has 0 atom stereocenters. The average molecular weight is 306 g/mol. The lowest BCUT2D eigenvalue weighted by atomic mass is 9.98. The molecule has 112 valence electrons. The molecule has 0 saturated heterocycles. The molecule has 0 spiro atoms. The van der Waals surface area contributed by atoms with E-state index in [-0.39, 0.29) is 24.8 Å². The van der Waals surface area contributed by atoms with Gasteiger partial charge in [0.2, 0.25) is 0 Å². The van der Waals surface area contributed by atoms with Crippen molar-refractivity contribution in [3.8, 4) is 0 Å². The number of esters is 2. The van der Waals surface area contributed by atoms with E-state index in [1.54, 1.807) is 25.2 Å². The summed E-state index contributed by atoms with van der Waals surface area (Å²) in [5.74, 6) is -0.557. The largest absolute Gasteiger partial charge is 0.466 e. The molecule has 0 unspecified atom stereocenters. The molecular weight excluding hydrogens is 288 g/mol. The van der Waals surface area contributed by atoms with E-state index >= 15 is 0 Å². The van der Waals surface area contributed by atoms with Crippen LogP contribution >= 0.6 is 11.3 Å². The van der Waals surface area contributed by atoms with Gasteiger partial charge in [-0.05, 0) is 47.9 Å². The highest BCUT2D eigenvalue weighted by Crippen LogP contribution is 2.28. The Bertz CT molecular complexity index is 645. The second kappa shape index (κ2) is 7.22. The van der Waals surface area contributed by atoms with Gasteiger partial charge in [0.15, 0.2) is 0 Å². The predicted molar refractivity (Wildman–Crippen MR) is 82.5 cm³/mol. The summed E-state index contributed by atoms with van der Waals surface area (Å²) in [6.07, 6.45) is 0.352. The second-order valence-corrected chi connectivity index (χ2v) is 5.45. The van der Waals surface area contributed by atoms with Crippen LogP contribution in [0.1, 0.15) is 25.0 Å². The van der Waals surface area contributed by atoms with Gasteiger partial charge >= 0.3 is 11.9 Å². The molecule has 0 radical (unpaired) electrons. The summed E-state index contributed by atoms with van der Waals surface area (Å²) in [5, 5.41) is 2.99. The Morgan fingerprint density at radius 1 is 1.00 bits per heavy atom. The maximum absolute atomic E-state index is 11.8. The smallest absolute Gasteiger partial charge is 0.310 e. The summed E-state index contributed by atoms with van der Waals surface area (Å²) < 4.78 is 11.1. The molecule has 2 aromatic rings. The van der Waals surface area contributed by atoms with Gasteiger partial charge in [0.05, 0.1) is 26.1 Å². The van der Waals surface area contributed by atoms with Crippen LogP contribution in [0, 0.1) is 0 Å². The molecule has 0 aliphatic carbocycles. The van der Waals surface area contributed by atoms with Crippen molar-refractivity contribution < 1.29 is 19.1 Å². The molecule has 0 aliphatic rings. The molecule has 1 aromatic heterocycles. The Balaban J connectivity index is 2.34. The third-order valence-corrected chi connectivity index (χ3v) is 3.99. The van der Waals surface area contributed by atoms with E-state index in [2.05, 4.69) is 0 Å². The predicted octanol–water partition coefficient (Wildman–Crippen LogP) is 3.11. The highest BCUT2D eigenvalue weighted by molar-refractivity contribution is 7.17. The normalized spacial score (nSPS) is 10.6. The van der Waals surface area contributed by atoms with E-state index in [9.17, 15) is 9.59 Å². The lowest BCUT2D eigenvalue weighted by Crippen LogP contribution is -2.13. The van der Waals surface area contributed by atoms with Gasteiger partial charge in [-0.1, -0.05) is 6.07 Å². The molecule has 0 aliphatic heterocycles. The summed E-state index contributed by atoms with van der Waals surface area (Å²) in [4.78, 5) is 23.5. The van der Waals surface area contributed by atoms with E-state index in [0.717, 1.165) is 21.2 Å². The highest BCUT2D eigenvalue weighted by Gasteiger charge is 2.16. The van der Waals surface area contributed by atoms with Gasteiger partial charge < -0.3 is 9.47 Å². The monoisotopic (exact) mass is 306 g/mol. The number of thiophene rings is 1. The van der Waals surface area contributed by atoms with Crippen molar-refractivity contribution in [3.05, 3.63) is 34.7 Å². The number of carbonyl (C=O) groups excluding carboxylic acids is 2. The summed E-state index contributed by atoms with van der Waals surface area (Å²) in [6, 6.07) is 5.84. The Morgan fingerprint density at radius 2 is 1.67 bits per heavy atom. The minimum atomic E-state index is -0.280. The molecule has 0 saturated carbocycles. The van der Waals surface area contributed by atoms with Crippen LogP contribution in [0.4, 0.5) is 0 Å². The van der Waals surface area contributed by atoms with Crippen molar-refractivity contribution >= 4 is 33.4 Å². The molecule has 0 N–H and O–H groups in total. The van der Waals surface area contributed by atoms with Gasteiger partial charge in [-0.2, -0.15) is 0 Å². The summed E-state index contributed by atoms with van der Waals surface area (Å²) in [6.45, 7) is 4.26. The number of fused-ring (bicyclic) bond motifs is 1. The molecule has 0 bridgehead atoms. The van der Waals surface area contributed by atoms with E-state index in [1.807, 2.05) is 23.6 Å². The second-order valence-electron chi connectivity index (χ2n) is 4.50. The van der Waals surface area contributed by atoms with Gasteiger partial charge in [-0.3, -0.25) is 9.59 Å². The zero-order chi connectivity index (χ0) is 15.2. The van der Waals surface area contributed by atoms with Crippen LogP contribution in [-0.2, 0) is 31.9 Å². The van der Waals surface area contributed by atoms with Crippen molar-refractivity contribution in [2.24, 2.45) is 0 Å². The number of carbonyl (C=O) groups is 2. The van der Waals surface area contributed by atoms with Gasteiger partial charge in [0, 0.05) is 4.70 Å². The van der Waals surface area contributed by atoms with Crippen molar-refractivity contribution in [2.75, 3.05) is 13.2 Å². The Hall–Kier alpha value is -1.88. The molecule has 4 nitrogen and oxygen atoms in total. The molecule has 2 rings (SSSR count). The average Bonchev–Trinajstić information content (AvgIpc) is 2.90. The van der Waals surface area contributed by atoms with Crippen LogP contribution in [0.3, 0.4) is 0 Å². The zero-order valence-corrected chi connectivity index (χ0v) is 13.0. The number of ether oxygens (including phenoxy) is 2. The Labute approximate surface area is 127 Å². The van der Waals surface area contributed by atoms with Crippen LogP contribution in [0.15, 0.2) is 23.6 Å². The fraction of sp³-hybridized carbons (Fsp3) is 0.375. The highest BCUT2D eigenvalue weighted by atomic mass is 32.1. The fourth-order valence-corrected chi connectivity index (χ4v) is 3.06. The lowest BCUT2D eigenvalue weighted by Gasteiger charge is -2.10. The van der Waals surface area contributed by atoms with E-state index in [0.29, 0.717) is 13.2 Å². The maximum Gasteiger partial charge on any atom is 0.310 e. The first-order valence-corrected chi connectivity index (χ1v) is 7.82. The minimum Gasteiger partial charge on any atom is -0.466 e. The molecule has 0 fully saturated rings. The van der Waals surface area contributed by atoms with Crippen LogP contribution in [0.25, 0.3) is 10.1 Å². The number of benzene rings is 1. The van der Waals surface area contributed by atoms with Crippen LogP contribution in [0.2, 0.25) is 0 Å². The van der Waals surface area contributed by atoms with Crippen molar-refractivity contribution in [1.82, 2.24) is 0 Å². The minimum absolute atomic E-state index is 0.175. The Kier molecular flexibility index (Phi) is 5.33. The molecule has 21 heavy (non-hydrogen) atoms. The number of hydrogen-bond donors (Lipinski definition) is 0. The maximum atomic E-state index is 11.8. The third kappa shape index (κ3) is 3.82. The third-order valence-electron chi connectivity index (χ3n) is 3.11. The summed E-state index contributed by atoms with van der Waals surface area (Å²) >= 11 is 1.61. The molecule has 1 heterocycles. The Morgan fingerprint density at radius 3 is 2.33 bits per heavy atom. The van der Waals surface area contributed by atoms with Gasteiger partial charge in [-0.25, -0.2) is 0 Å². The van der Waals surface area contributed by atoms with Gasteiger partial charge in [0.25, 0.3) is 0 Å². The van der Waals surface area contributed by atoms with Crippen molar-refractivity contribution in [2.45, 2.75) is 26.7 Å². The molecule has 1 aromatic carbocycles. The van der Waals surface area contributed by atoms with Crippen LogP contribution < -0.4 is 0 Å². The van der Waals surface area contributed by atoms with Gasteiger partial charge in [0.1, 0.15) is 0 Å². The lowest BCUT2D eigenvalue weighted by molar-refractivity contribution is -0.143. The molecule has 5 heteroatoms. The fourth-order valence-electron chi connectivity index (χ4n) is 2.25. The standard InChI is InChI=1S/C16H18O4S/c1-3-19-15(17)9-11-5-6-14-12(7-8-21-14)13(11)10-16(18)20-4-2/h5-8H,3-4,9-10H2,1-2H3. The zero-order valence-electron chi connectivity index (χ0n) is 12.2. The SMILES string of the molecule is CCOC(=O)Cc1ccc2sccc2c1CC(=O)OCC. The van der Waals surface area contributed by atoms with Crippen LogP contribution in [-0.4, -0.2) is 25.2 Å². The van der Waals surface area contributed by atoms with E-state index in [4.69, 9.17) is 9.47 Å². The summed E-state index contributed by atoms with van der Waals surface area (Å²) in [7, 11) is 0. The van der Waals surface area contributed by atoms with Gasteiger partial charge in [-0.15, -0.1) is 11.3 Å². The number of rotatable bonds is 6. The molecular formula is C16H18O4S. The van der Waals surface area contributed by atoms with Crippen LogP contribution in [0.5, 0.6) is 0 Å². The number of hydrogen-bond acceptors (Lipinski definition) is 5. The van der Waals surface area contributed by atoms with Crippen molar-refractivity contribution in [1.29, 1.82) is 0 Å². The first kappa shape index (κ1) is 15.5. The van der Waals surface area contributed by atoms with E-state index < -0.39 is 0 Å². The first-order chi connectivity index (χ1) is 10.2. The quantitative estimate of drug-likeness (QED) is 0.770. The van der Waals surface area contributed by atoms with Crippen molar-refractivity contribution in [3.63, 3.8) is 0 Å². The topological polar surface area (TPSA) is 52.6 Å². The van der Waals surface area contributed by atoms with E-state index in [1.165, 1.54) is 0 Å². The summed E-state index contributed by atoms with van der Waals surface area (Å²) in [5.41, 5.74) is 1.69. The molecule has 0 amide bonds. The first-order valence-electron chi connectivity index (χ1n) is 6.94.